The summed E-state index contributed by atoms with van der Waals surface area (Å²) in [5, 5.41) is 2.61. The second kappa shape index (κ2) is 14.6. The lowest BCUT2D eigenvalue weighted by atomic mass is 10.1. The van der Waals surface area contributed by atoms with Gasteiger partial charge in [-0.15, -0.1) is 0 Å². The number of rotatable bonds is 15. The highest BCUT2D eigenvalue weighted by Crippen LogP contribution is 2.09. The zero-order chi connectivity index (χ0) is 22.3. The summed E-state index contributed by atoms with van der Waals surface area (Å²) in [6, 6.07) is 0. The molecule has 0 aromatic heterocycles. The Morgan fingerprint density at radius 1 is 1.10 bits per heavy atom. The van der Waals surface area contributed by atoms with Crippen LogP contribution >= 0.6 is 0 Å². The Bertz CT molecular complexity index is 527. The largest absolute Gasteiger partial charge is 0.460 e. The number of alkyl carbamates (subject to hydrolysis) is 1. The predicted octanol–water partition coefficient (Wildman–Crippen LogP) is 1.68. The lowest BCUT2D eigenvalue weighted by molar-refractivity contribution is -0.144. The molecule has 9 heteroatoms. The molecule has 0 bridgehead atoms. The van der Waals surface area contributed by atoms with Crippen LogP contribution in [0.4, 0.5) is 4.79 Å². The maximum Gasteiger partial charge on any atom is 0.408 e. The number of ether oxygens (including phenoxy) is 4. The summed E-state index contributed by atoms with van der Waals surface area (Å²) in [4.78, 5) is 37.2. The molecule has 1 N–H and O–H groups in total. The molecule has 0 radical (unpaired) electrons. The first-order chi connectivity index (χ1) is 13.7. The maximum atomic E-state index is 12.5. The third-order valence-corrected chi connectivity index (χ3v) is 3.78. The van der Waals surface area contributed by atoms with Gasteiger partial charge in [0.1, 0.15) is 24.9 Å². The van der Waals surface area contributed by atoms with Crippen molar-refractivity contribution in [2.24, 2.45) is 0 Å². The van der Waals surface area contributed by atoms with E-state index in [1.54, 1.807) is 6.92 Å². The third kappa shape index (κ3) is 12.6. The van der Waals surface area contributed by atoms with Crippen molar-refractivity contribution in [3.05, 3.63) is 25.3 Å². The monoisotopic (exact) mass is 414 g/mol. The second-order valence-corrected chi connectivity index (χ2v) is 6.77. The Labute approximate surface area is 173 Å². The van der Waals surface area contributed by atoms with Gasteiger partial charge in [-0.1, -0.05) is 27.0 Å². The Hall–Kier alpha value is -2.39. The van der Waals surface area contributed by atoms with E-state index in [2.05, 4.69) is 18.5 Å². The first kappa shape index (κ1) is 26.6. The van der Waals surface area contributed by atoms with E-state index in [-0.39, 0.29) is 19.8 Å². The molecular weight excluding hydrogens is 380 g/mol. The first-order valence-electron chi connectivity index (χ1n) is 9.53. The third-order valence-electron chi connectivity index (χ3n) is 3.78. The normalized spacial score (nSPS) is 12.0. The number of amides is 1. The van der Waals surface area contributed by atoms with Crippen molar-refractivity contribution in [2.75, 3.05) is 46.6 Å². The van der Waals surface area contributed by atoms with Crippen LogP contribution in [0.2, 0.25) is 0 Å². The first-order valence-corrected chi connectivity index (χ1v) is 9.53. The molecule has 0 rings (SSSR count). The molecule has 0 aliphatic rings. The summed E-state index contributed by atoms with van der Waals surface area (Å²) in [7, 11) is 1.90. The predicted molar refractivity (Wildman–Crippen MR) is 108 cm³/mol. The Morgan fingerprint density at radius 2 is 1.66 bits per heavy atom. The van der Waals surface area contributed by atoms with Crippen LogP contribution < -0.4 is 5.32 Å². The number of nitrogens with zero attached hydrogens (tertiary/aromatic N) is 1. The summed E-state index contributed by atoms with van der Waals surface area (Å²) in [6.45, 7) is 13.7. The van der Waals surface area contributed by atoms with Crippen molar-refractivity contribution in [3.8, 4) is 0 Å². The molecule has 0 aliphatic heterocycles. The van der Waals surface area contributed by atoms with Crippen molar-refractivity contribution in [2.45, 2.75) is 38.8 Å². The van der Waals surface area contributed by atoms with E-state index >= 15 is 0 Å². The van der Waals surface area contributed by atoms with Crippen LogP contribution in [0.5, 0.6) is 0 Å². The molecule has 0 saturated carbocycles. The van der Waals surface area contributed by atoms with Gasteiger partial charge in [-0.05, 0) is 26.9 Å². The number of nitrogens with one attached hydrogen (secondary N) is 1. The van der Waals surface area contributed by atoms with E-state index in [1.165, 1.54) is 0 Å². The molecule has 0 spiro atoms. The Morgan fingerprint density at radius 3 is 2.10 bits per heavy atom. The Kier molecular flexibility index (Phi) is 13.4. The Balaban J connectivity index is 5.05. The fraction of sp³-hybridized carbons (Fsp3) is 0.650. The van der Waals surface area contributed by atoms with Gasteiger partial charge >= 0.3 is 18.0 Å². The average molecular weight is 414 g/mol. The van der Waals surface area contributed by atoms with Gasteiger partial charge in [0, 0.05) is 25.3 Å². The van der Waals surface area contributed by atoms with Crippen LogP contribution in [0.3, 0.4) is 0 Å². The molecule has 1 atom stereocenters. The molecular formula is C20H34N2O7. The molecule has 0 aromatic carbocycles. The van der Waals surface area contributed by atoms with Gasteiger partial charge in [0.05, 0.1) is 6.61 Å². The number of carbonyl (C=O) groups is 3. The summed E-state index contributed by atoms with van der Waals surface area (Å²) in [5.41, 5.74) is -1.21. The minimum Gasteiger partial charge on any atom is -0.460 e. The van der Waals surface area contributed by atoms with Crippen LogP contribution in [-0.4, -0.2) is 81.1 Å². The highest BCUT2D eigenvalue weighted by Gasteiger charge is 2.32. The topological polar surface area (TPSA) is 103 Å². The standard InChI is InChI=1S/C20H34N2O7/c1-7-11-26-13-16(12-22(6)10-4)29-19(25)21-20(5,14-27-17(23)8-2)15-28-18(24)9-3/h8-9,16H,2-3,7,10-15H2,1,4-6H3,(H,21,25). The zero-order valence-corrected chi connectivity index (χ0v) is 17.9. The molecule has 0 saturated heterocycles. The smallest absolute Gasteiger partial charge is 0.408 e. The van der Waals surface area contributed by atoms with Crippen molar-refractivity contribution in [1.82, 2.24) is 10.2 Å². The zero-order valence-electron chi connectivity index (χ0n) is 17.9. The molecule has 0 fully saturated rings. The van der Waals surface area contributed by atoms with E-state index in [4.69, 9.17) is 18.9 Å². The fourth-order valence-corrected chi connectivity index (χ4v) is 2.08. The van der Waals surface area contributed by atoms with Crippen LogP contribution in [0.15, 0.2) is 25.3 Å². The van der Waals surface area contributed by atoms with Gasteiger partial charge in [-0.3, -0.25) is 0 Å². The van der Waals surface area contributed by atoms with Crippen LogP contribution in [0, 0.1) is 0 Å². The van der Waals surface area contributed by atoms with Gasteiger partial charge < -0.3 is 29.2 Å². The molecule has 29 heavy (non-hydrogen) atoms. The highest BCUT2D eigenvalue weighted by atomic mass is 16.6. The number of carbonyl (C=O) groups excluding carboxylic acids is 3. The van der Waals surface area contributed by atoms with Gasteiger partial charge in [0.25, 0.3) is 0 Å². The number of esters is 2. The minimum absolute atomic E-state index is 0.247. The lowest BCUT2D eigenvalue weighted by Crippen LogP contribution is -2.54. The summed E-state index contributed by atoms with van der Waals surface area (Å²) >= 11 is 0. The van der Waals surface area contributed by atoms with Gasteiger partial charge in [0.2, 0.25) is 0 Å². The van der Waals surface area contributed by atoms with Crippen molar-refractivity contribution in [3.63, 3.8) is 0 Å². The number of hydrogen-bond donors (Lipinski definition) is 1. The fourth-order valence-electron chi connectivity index (χ4n) is 2.08. The van der Waals surface area contributed by atoms with Crippen molar-refractivity contribution < 1.29 is 33.3 Å². The highest BCUT2D eigenvalue weighted by molar-refractivity contribution is 5.82. The minimum atomic E-state index is -1.21. The van der Waals surface area contributed by atoms with Crippen LogP contribution in [-0.2, 0) is 28.5 Å². The summed E-state index contributed by atoms with van der Waals surface area (Å²) < 4.78 is 21.0. The number of hydrogen-bond acceptors (Lipinski definition) is 8. The quantitative estimate of drug-likeness (QED) is 0.187. The summed E-state index contributed by atoms with van der Waals surface area (Å²) in [6.07, 6.45) is 1.60. The molecule has 0 aliphatic carbocycles. The molecule has 0 heterocycles. The van der Waals surface area contributed by atoms with Crippen molar-refractivity contribution in [1.29, 1.82) is 0 Å². The summed E-state index contributed by atoms with van der Waals surface area (Å²) in [5.74, 6) is -1.34. The van der Waals surface area contributed by atoms with Gasteiger partial charge in [-0.2, -0.15) is 0 Å². The SMILES string of the molecule is C=CC(=O)OCC(C)(COC(=O)C=C)NC(=O)OC(COCCC)CN(C)CC. The molecule has 166 valence electrons. The van der Waals surface area contributed by atoms with Gasteiger partial charge in [0.15, 0.2) is 0 Å². The van der Waals surface area contributed by atoms with E-state index in [0.717, 1.165) is 25.1 Å². The van der Waals surface area contributed by atoms with Gasteiger partial charge in [-0.25, -0.2) is 14.4 Å². The van der Waals surface area contributed by atoms with Crippen LogP contribution in [0.1, 0.15) is 27.2 Å². The van der Waals surface area contributed by atoms with Crippen LogP contribution in [0.25, 0.3) is 0 Å². The van der Waals surface area contributed by atoms with Crippen molar-refractivity contribution >= 4 is 18.0 Å². The molecule has 0 aromatic rings. The molecule has 1 amide bonds. The lowest BCUT2D eigenvalue weighted by Gasteiger charge is -2.30. The molecule has 9 nitrogen and oxygen atoms in total. The maximum absolute atomic E-state index is 12.5. The van der Waals surface area contributed by atoms with E-state index in [0.29, 0.717) is 13.2 Å². The molecule has 1 unspecified atom stereocenters. The average Bonchev–Trinajstić information content (AvgIpc) is 2.70. The number of likely N-dealkylation sites (N-methyl/N-ethyl adjacent to an activating group) is 1. The van der Waals surface area contributed by atoms with E-state index in [9.17, 15) is 14.4 Å². The van der Waals surface area contributed by atoms with E-state index in [1.807, 2.05) is 25.8 Å². The van der Waals surface area contributed by atoms with E-state index < -0.39 is 29.7 Å². The second-order valence-electron chi connectivity index (χ2n) is 6.77.